The molecule has 0 aromatic carbocycles. The first-order valence-corrected chi connectivity index (χ1v) is 4.47. The summed E-state index contributed by atoms with van der Waals surface area (Å²) in [5, 5.41) is 3.07. The molecule has 0 fully saturated rings. The van der Waals surface area contributed by atoms with Crippen molar-refractivity contribution in [2.45, 2.75) is 6.92 Å². The highest BCUT2D eigenvalue weighted by molar-refractivity contribution is 7.09. The van der Waals surface area contributed by atoms with Crippen LogP contribution in [0.1, 0.15) is 5.01 Å². The minimum Gasteiger partial charge on any atom is -0.325 e. The van der Waals surface area contributed by atoms with Crippen molar-refractivity contribution < 1.29 is 0 Å². The third kappa shape index (κ3) is 1.14. The molecule has 0 aliphatic rings. The third-order valence-corrected chi connectivity index (χ3v) is 2.38. The van der Waals surface area contributed by atoms with Crippen LogP contribution in [0.15, 0.2) is 11.6 Å². The van der Waals surface area contributed by atoms with Gasteiger partial charge in [-0.2, -0.15) is 0 Å². The third-order valence-electron chi connectivity index (χ3n) is 1.60. The number of aromatic nitrogens is 3. The molecule has 0 aliphatic heterocycles. The van der Waals surface area contributed by atoms with Crippen molar-refractivity contribution in [1.82, 2.24) is 14.5 Å². The molecule has 2 aromatic rings. The van der Waals surface area contributed by atoms with Gasteiger partial charge in [-0.1, -0.05) is 0 Å². The van der Waals surface area contributed by atoms with Gasteiger partial charge in [-0.05, 0) is 6.92 Å². The SMILES string of the molecule is Cc1nc(-c2nc[c]n2C)cs1. The summed E-state index contributed by atoms with van der Waals surface area (Å²) in [6.45, 7) is 1.99. The van der Waals surface area contributed by atoms with Gasteiger partial charge in [0.15, 0.2) is 5.82 Å². The van der Waals surface area contributed by atoms with E-state index in [1.807, 2.05) is 23.9 Å². The lowest BCUT2D eigenvalue weighted by Gasteiger charge is -1.94. The zero-order valence-electron chi connectivity index (χ0n) is 6.90. The predicted molar refractivity (Wildman–Crippen MR) is 47.9 cm³/mol. The summed E-state index contributed by atoms with van der Waals surface area (Å²) >= 11 is 1.63. The minimum absolute atomic E-state index is 0.874. The number of thiazole rings is 1. The highest BCUT2D eigenvalue weighted by atomic mass is 32.1. The van der Waals surface area contributed by atoms with Crippen LogP contribution in [0.3, 0.4) is 0 Å². The van der Waals surface area contributed by atoms with Gasteiger partial charge in [0.25, 0.3) is 0 Å². The maximum absolute atomic E-state index is 4.33. The van der Waals surface area contributed by atoms with Crippen LogP contribution in [0.25, 0.3) is 11.5 Å². The molecule has 0 bridgehead atoms. The number of hydrogen-bond donors (Lipinski definition) is 0. The molecule has 0 saturated carbocycles. The maximum atomic E-state index is 4.33. The van der Waals surface area contributed by atoms with Crippen LogP contribution in [0.2, 0.25) is 0 Å². The molecule has 1 radical (unpaired) electrons. The molecule has 3 nitrogen and oxygen atoms in total. The van der Waals surface area contributed by atoms with Crippen molar-refractivity contribution in [2.75, 3.05) is 0 Å². The summed E-state index contributed by atoms with van der Waals surface area (Å²) in [4.78, 5) is 8.48. The van der Waals surface area contributed by atoms with Gasteiger partial charge in [-0.15, -0.1) is 11.3 Å². The average molecular weight is 178 g/mol. The topological polar surface area (TPSA) is 30.7 Å². The van der Waals surface area contributed by atoms with Crippen LogP contribution in [0.4, 0.5) is 0 Å². The molecule has 2 heterocycles. The summed E-state index contributed by atoms with van der Waals surface area (Å²) in [5.41, 5.74) is 0.932. The van der Waals surface area contributed by atoms with E-state index in [0.29, 0.717) is 0 Å². The summed E-state index contributed by atoms with van der Waals surface area (Å²) < 4.78 is 1.84. The van der Waals surface area contributed by atoms with Gasteiger partial charge in [0, 0.05) is 12.4 Å². The standard InChI is InChI=1S/C8H8N3S/c1-6-10-7(5-12-6)8-9-3-4-11(8)2/h3,5H,1-2H3. The van der Waals surface area contributed by atoms with Gasteiger partial charge >= 0.3 is 0 Å². The fourth-order valence-corrected chi connectivity index (χ4v) is 1.62. The van der Waals surface area contributed by atoms with E-state index < -0.39 is 0 Å². The Bertz CT molecular complexity index is 388. The zero-order chi connectivity index (χ0) is 8.55. The van der Waals surface area contributed by atoms with Crippen LogP contribution >= 0.6 is 11.3 Å². The van der Waals surface area contributed by atoms with E-state index in [-0.39, 0.29) is 0 Å². The molecular weight excluding hydrogens is 170 g/mol. The fourth-order valence-electron chi connectivity index (χ4n) is 1.03. The smallest absolute Gasteiger partial charge is 0.159 e. The Morgan fingerprint density at radius 1 is 1.58 bits per heavy atom. The van der Waals surface area contributed by atoms with Gasteiger partial charge in [0.05, 0.1) is 17.4 Å². The van der Waals surface area contributed by atoms with E-state index in [2.05, 4.69) is 16.2 Å². The van der Waals surface area contributed by atoms with Crippen molar-refractivity contribution in [3.63, 3.8) is 0 Å². The Balaban J connectivity index is 2.50. The first-order valence-electron chi connectivity index (χ1n) is 3.59. The van der Waals surface area contributed by atoms with E-state index in [1.165, 1.54) is 0 Å². The molecule has 0 unspecified atom stereocenters. The predicted octanol–water partition coefficient (Wildman–Crippen LogP) is 1.65. The van der Waals surface area contributed by atoms with E-state index >= 15 is 0 Å². The molecule has 0 saturated heterocycles. The minimum atomic E-state index is 0.874. The summed E-state index contributed by atoms with van der Waals surface area (Å²) in [6, 6.07) is 0. The van der Waals surface area contributed by atoms with Gasteiger partial charge in [-0.3, -0.25) is 0 Å². The molecule has 2 aromatic heterocycles. The molecule has 0 aliphatic carbocycles. The largest absolute Gasteiger partial charge is 0.325 e. The second kappa shape index (κ2) is 2.71. The lowest BCUT2D eigenvalue weighted by atomic mass is 10.4. The molecule has 2 rings (SSSR count). The van der Waals surface area contributed by atoms with Gasteiger partial charge in [0.1, 0.15) is 5.69 Å². The Labute approximate surface area is 74.7 Å². The van der Waals surface area contributed by atoms with E-state index in [9.17, 15) is 0 Å². The van der Waals surface area contributed by atoms with Gasteiger partial charge in [-0.25, -0.2) is 9.97 Å². The number of aryl methyl sites for hydroxylation is 2. The first-order chi connectivity index (χ1) is 5.77. The van der Waals surface area contributed by atoms with E-state index in [1.54, 1.807) is 17.5 Å². The zero-order valence-corrected chi connectivity index (χ0v) is 7.72. The molecular formula is C8H8N3S. The van der Waals surface area contributed by atoms with Crippen molar-refractivity contribution in [1.29, 1.82) is 0 Å². The van der Waals surface area contributed by atoms with Gasteiger partial charge < -0.3 is 4.57 Å². The molecule has 0 spiro atoms. The van der Waals surface area contributed by atoms with E-state index in [4.69, 9.17) is 0 Å². The Kier molecular flexibility index (Phi) is 1.69. The van der Waals surface area contributed by atoms with Crippen molar-refractivity contribution in [2.24, 2.45) is 7.05 Å². The Hall–Kier alpha value is -1.16. The molecule has 12 heavy (non-hydrogen) atoms. The highest BCUT2D eigenvalue weighted by Crippen LogP contribution is 2.18. The second-order valence-corrected chi connectivity index (χ2v) is 3.58. The van der Waals surface area contributed by atoms with Crippen LogP contribution in [-0.2, 0) is 7.05 Å². The van der Waals surface area contributed by atoms with E-state index in [0.717, 1.165) is 16.5 Å². The highest BCUT2D eigenvalue weighted by Gasteiger charge is 2.05. The quantitative estimate of drug-likeness (QED) is 0.664. The monoisotopic (exact) mass is 178 g/mol. The number of nitrogens with zero attached hydrogens (tertiary/aromatic N) is 3. The lowest BCUT2D eigenvalue weighted by Crippen LogP contribution is -1.91. The number of imidazole rings is 1. The molecule has 0 amide bonds. The lowest BCUT2D eigenvalue weighted by molar-refractivity contribution is 0.911. The van der Waals surface area contributed by atoms with Crippen LogP contribution in [0.5, 0.6) is 0 Å². The van der Waals surface area contributed by atoms with Crippen LogP contribution < -0.4 is 0 Å². The maximum Gasteiger partial charge on any atom is 0.159 e. The fraction of sp³-hybridized carbons (Fsp3) is 0.250. The van der Waals surface area contributed by atoms with Crippen molar-refractivity contribution >= 4 is 11.3 Å². The number of rotatable bonds is 1. The second-order valence-electron chi connectivity index (χ2n) is 2.52. The van der Waals surface area contributed by atoms with Gasteiger partial charge in [0.2, 0.25) is 0 Å². The van der Waals surface area contributed by atoms with Crippen LogP contribution in [-0.4, -0.2) is 14.5 Å². The first kappa shape index (κ1) is 7.49. The molecule has 61 valence electrons. The normalized spacial score (nSPS) is 10.5. The van der Waals surface area contributed by atoms with Crippen molar-refractivity contribution in [3.05, 3.63) is 22.8 Å². The number of hydrogen-bond acceptors (Lipinski definition) is 3. The van der Waals surface area contributed by atoms with Crippen LogP contribution in [0, 0.1) is 13.1 Å². The Morgan fingerprint density at radius 2 is 2.42 bits per heavy atom. The summed E-state index contributed by atoms with van der Waals surface area (Å²) in [7, 11) is 1.91. The van der Waals surface area contributed by atoms with Crippen molar-refractivity contribution in [3.8, 4) is 11.5 Å². The summed E-state index contributed by atoms with van der Waals surface area (Å²) in [6.07, 6.45) is 4.60. The molecule has 0 N–H and O–H groups in total. The average Bonchev–Trinajstić information content (AvgIpc) is 2.58. The molecule has 4 heteroatoms. The summed E-state index contributed by atoms with van der Waals surface area (Å²) in [5.74, 6) is 0.874. The molecule has 0 atom stereocenters. The Morgan fingerprint density at radius 3 is 2.92 bits per heavy atom.